The number of alkyl halides is 2. The van der Waals surface area contributed by atoms with Crippen molar-refractivity contribution in [3.63, 3.8) is 0 Å². The van der Waals surface area contributed by atoms with Crippen LogP contribution in [0.5, 0.6) is 0 Å². The minimum atomic E-state index is -2.68. The average molecular weight is 341 g/mol. The Bertz CT molecular complexity index is 642. The highest BCUT2D eigenvalue weighted by molar-refractivity contribution is 5.73. The number of nitrogens with one attached hydrogen (secondary N) is 1. The minimum absolute atomic E-state index is 0.0173. The molecular formula is C15H21F2N5O2. The molecule has 0 radical (unpaired) electrons. The summed E-state index contributed by atoms with van der Waals surface area (Å²) >= 11 is 0. The maximum Gasteiger partial charge on any atom is 0.319 e. The first-order valence-electron chi connectivity index (χ1n) is 7.38. The second kappa shape index (κ2) is 7.91. The van der Waals surface area contributed by atoms with Crippen LogP contribution >= 0.6 is 0 Å². The van der Waals surface area contributed by atoms with Gasteiger partial charge < -0.3 is 14.6 Å². The van der Waals surface area contributed by atoms with Crippen molar-refractivity contribution in [1.82, 2.24) is 24.7 Å². The molecule has 7 nitrogen and oxygen atoms in total. The number of carbonyl (C=O) groups is 1. The SMILES string of the molecule is CN(Cc1nccn1C(F)F)C(=O)NCC(c1ccco1)N(C)C. The van der Waals surface area contributed by atoms with Crippen molar-refractivity contribution in [3.05, 3.63) is 42.4 Å². The first-order chi connectivity index (χ1) is 11.4. The Morgan fingerprint density at radius 3 is 2.75 bits per heavy atom. The molecule has 2 heterocycles. The molecule has 0 aromatic carbocycles. The predicted octanol–water partition coefficient (Wildman–Crippen LogP) is 2.32. The van der Waals surface area contributed by atoms with Gasteiger partial charge in [-0.2, -0.15) is 8.78 Å². The van der Waals surface area contributed by atoms with Gasteiger partial charge in [0.15, 0.2) is 0 Å². The number of carbonyl (C=O) groups excluding carboxylic acids is 1. The molecular weight excluding hydrogens is 320 g/mol. The minimum Gasteiger partial charge on any atom is -0.468 e. The fraction of sp³-hybridized carbons (Fsp3) is 0.467. The van der Waals surface area contributed by atoms with Crippen LogP contribution in [0.1, 0.15) is 24.2 Å². The molecule has 0 bridgehead atoms. The van der Waals surface area contributed by atoms with Crippen molar-refractivity contribution in [2.75, 3.05) is 27.7 Å². The van der Waals surface area contributed by atoms with E-state index < -0.39 is 6.55 Å². The van der Waals surface area contributed by atoms with E-state index in [9.17, 15) is 13.6 Å². The summed E-state index contributed by atoms with van der Waals surface area (Å²) in [6.45, 7) is -2.38. The predicted molar refractivity (Wildman–Crippen MR) is 83.5 cm³/mol. The van der Waals surface area contributed by atoms with Crippen LogP contribution in [0.2, 0.25) is 0 Å². The van der Waals surface area contributed by atoms with E-state index in [0.717, 1.165) is 10.3 Å². The van der Waals surface area contributed by atoms with Crippen LogP contribution in [0.3, 0.4) is 0 Å². The summed E-state index contributed by atoms with van der Waals surface area (Å²) in [5, 5.41) is 2.77. The van der Waals surface area contributed by atoms with Gasteiger partial charge in [-0.3, -0.25) is 9.47 Å². The first-order valence-corrected chi connectivity index (χ1v) is 7.38. The molecule has 24 heavy (non-hydrogen) atoms. The van der Waals surface area contributed by atoms with Crippen molar-refractivity contribution in [3.8, 4) is 0 Å². The zero-order valence-electron chi connectivity index (χ0n) is 13.8. The topological polar surface area (TPSA) is 66.5 Å². The van der Waals surface area contributed by atoms with Crippen molar-refractivity contribution in [2.24, 2.45) is 0 Å². The third-order valence-electron chi connectivity index (χ3n) is 3.63. The molecule has 1 unspecified atom stereocenters. The van der Waals surface area contributed by atoms with E-state index >= 15 is 0 Å². The second-order valence-corrected chi connectivity index (χ2v) is 5.57. The number of nitrogens with zero attached hydrogens (tertiary/aromatic N) is 4. The number of hydrogen-bond acceptors (Lipinski definition) is 4. The van der Waals surface area contributed by atoms with Gasteiger partial charge in [-0.05, 0) is 26.2 Å². The highest BCUT2D eigenvalue weighted by atomic mass is 19.3. The lowest BCUT2D eigenvalue weighted by Crippen LogP contribution is -2.41. The summed E-state index contributed by atoms with van der Waals surface area (Å²) in [7, 11) is 5.28. The summed E-state index contributed by atoms with van der Waals surface area (Å²) in [5.74, 6) is 0.856. The fourth-order valence-electron chi connectivity index (χ4n) is 2.27. The van der Waals surface area contributed by atoms with Gasteiger partial charge in [0, 0.05) is 26.0 Å². The monoisotopic (exact) mass is 341 g/mol. The van der Waals surface area contributed by atoms with Crippen molar-refractivity contribution in [1.29, 1.82) is 0 Å². The Balaban J connectivity index is 1.92. The Morgan fingerprint density at radius 1 is 1.42 bits per heavy atom. The molecule has 0 aliphatic heterocycles. The van der Waals surface area contributed by atoms with Crippen LogP contribution in [-0.4, -0.2) is 53.1 Å². The number of furan rings is 1. The lowest BCUT2D eigenvalue weighted by molar-refractivity contribution is 0.0650. The van der Waals surface area contributed by atoms with Gasteiger partial charge in [-0.25, -0.2) is 9.78 Å². The Kier molecular flexibility index (Phi) is 5.91. The van der Waals surface area contributed by atoms with Gasteiger partial charge in [-0.1, -0.05) is 0 Å². The molecule has 132 valence electrons. The van der Waals surface area contributed by atoms with Crippen molar-refractivity contribution < 1.29 is 18.0 Å². The van der Waals surface area contributed by atoms with Crippen LogP contribution in [0, 0.1) is 0 Å². The number of urea groups is 1. The molecule has 2 aromatic rings. The van der Waals surface area contributed by atoms with Crippen LogP contribution in [0.15, 0.2) is 35.2 Å². The average Bonchev–Trinajstić information content (AvgIpc) is 3.18. The maximum atomic E-state index is 12.8. The standard InChI is InChI=1S/C15H21F2N5O2/c1-20(2)11(12-5-4-8-24-12)9-19-15(23)21(3)10-13-18-6-7-22(13)14(16)17/h4-8,11,14H,9-10H2,1-3H3,(H,19,23). The zero-order chi connectivity index (χ0) is 17.7. The van der Waals surface area contributed by atoms with Crippen LogP contribution in [0.4, 0.5) is 13.6 Å². The van der Waals surface area contributed by atoms with E-state index in [4.69, 9.17) is 4.42 Å². The third-order valence-corrected chi connectivity index (χ3v) is 3.63. The van der Waals surface area contributed by atoms with Gasteiger partial charge >= 0.3 is 12.6 Å². The normalized spacial score (nSPS) is 12.6. The molecule has 0 aliphatic rings. The van der Waals surface area contributed by atoms with Crippen LogP contribution in [0.25, 0.3) is 0 Å². The number of rotatable bonds is 7. The fourth-order valence-corrected chi connectivity index (χ4v) is 2.27. The quantitative estimate of drug-likeness (QED) is 0.839. The highest BCUT2D eigenvalue weighted by Crippen LogP contribution is 2.18. The Hall–Kier alpha value is -2.42. The molecule has 2 aromatic heterocycles. The maximum absolute atomic E-state index is 12.8. The van der Waals surface area contributed by atoms with Gasteiger partial charge in [0.05, 0.1) is 18.8 Å². The molecule has 2 rings (SSSR count). The van der Waals surface area contributed by atoms with Crippen LogP contribution < -0.4 is 5.32 Å². The molecule has 0 aliphatic carbocycles. The summed E-state index contributed by atoms with van der Waals surface area (Å²) in [6.07, 6.45) is 4.04. The largest absolute Gasteiger partial charge is 0.468 e. The van der Waals surface area contributed by atoms with Gasteiger partial charge in [0.1, 0.15) is 11.6 Å². The number of aromatic nitrogens is 2. The van der Waals surface area contributed by atoms with E-state index in [2.05, 4.69) is 10.3 Å². The van der Waals surface area contributed by atoms with Gasteiger partial charge in [-0.15, -0.1) is 0 Å². The molecule has 0 saturated carbocycles. The number of hydrogen-bond donors (Lipinski definition) is 1. The number of likely N-dealkylation sites (N-methyl/N-ethyl adjacent to an activating group) is 1. The number of amides is 2. The smallest absolute Gasteiger partial charge is 0.319 e. The molecule has 0 saturated heterocycles. The lowest BCUT2D eigenvalue weighted by atomic mass is 10.2. The van der Waals surface area contributed by atoms with E-state index in [0.29, 0.717) is 6.54 Å². The molecule has 1 N–H and O–H groups in total. The summed E-state index contributed by atoms with van der Waals surface area (Å²) < 4.78 is 31.7. The molecule has 9 heteroatoms. The molecule has 0 fully saturated rings. The molecule has 2 amide bonds. The molecule has 1 atom stereocenters. The van der Waals surface area contributed by atoms with Crippen molar-refractivity contribution >= 4 is 6.03 Å². The Labute approximate surface area is 138 Å². The number of halogens is 2. The van der Waals surface area contributed by atoms with E-state index in [1.807, 2.05) is 25.1 Å². The molecule has 0 spiro atoms. The van der Waals surface area contributed by atoms with E-state index in [-0.39, 0.29) is 24.4 Å². The van der Waals surface area contributed by atoms with Crippen LogP contribution in [-0.2, 0) is 6.54 Å². The number of imidazole rings is 1. The summed E-state index contributed by atoms with van der Waals surface area (Å²) in [5.41, 5.74) is 0. The Morgan fingerprint density at radius 2 is 2.17 bits per heavy atom. The van der Waals surface area contributed by atoms with Crippen molar-refractivity contribution in [2.45, 2.75) is 19.1 Å². The first kappa shape index (κ1) is 17.9. The zero-order valence-corrected chi connectivity index (χ0v) is 13.8. The van der Waals surface area contributed by atoms with E-state index in [1.165, 1.54) is 24.3 Å². The van der Waals surface area contributed by atoms with Gasteiger partial charge in [0.25, 0.3) is 0 Å². The van der Waals surface area contributed by atoms with Gasteiger partial charge in [0.2, 0.25) is 0 Å². The second-order valence-electron chi connectivity index (χ2n) is 5.57. The van der Waals surface area contributed by atoms with E-state index in [1.54, 1.807) is 12.3 Å². The summed E-state index contributed by atoms with van der Waals surface area (Å²) in [4.78, 5) is 19.3. The highest BCUT2D eigenvalue weighted by Gasteiger charge is 2.20. The lowest BCUT2D eigenvalue weighted by Gasteiger charge is -2.24. The summed E-state index contributed by atoms with van der Waals surface area (Å²) in [6, 6.07) is 3.11. The third kappa shape index (κ3) is 4.31.